The van der Waals surface area contributed by atoms with Crippen LogP contribution in [0.2, 0.25) is 0 Å². The quantitative estimate of drug-likeness (QED) is 0.177. The van der Waals surface area contributed by atoms with Gasteiger partial charge in [0.05, 0.1) is 12.2 Å². The zero-order chi connectivity index (χ0) is 30.9. The first-order chi connectivity index (χ1) is 21.4. The van der Waals surface area contributed by atoms with E-state index in [0.29, 0.717) is 29.4 Å². The zero-order valence-electron chi connectivity index (χ0n) is 25.6. The average Bonchev–Trinajstić information content (AvgIpc) is 3.34. The Morgan fingerprint density at radius 1 is 0.886 bits per heavy atom. The van der Waals surface area contributed by atoms with Crippen molar-refractivity contribution in [3.8, 4) is 11.5 Å². The van der Waals surface area contributed by atoms with E-state index >= 15 is 0 Å². The van der Waals surface area contributed by atoms with Crippen molar-refractivity contribution in [3.63, 3.8) is 0 Å². The van der Waals surface area contributed by atoms with Gasteiger partial charge in [-0.1, -0.05) is 43.2 Å². The van der Waals surface area contributed by atoms with Gasteiger partial charge in [0, 0.05) is 22.5 Å². The number of carbonyl (C=O) groups excluding carboxylic acids is 2. The molecule has 7 nitrogen and oxygen atoms in total. The van der Waals surface area contributed by atoms with Gasteiger partial charge < -0.3 is 20.1 Å². The average molecular weight is 610 g/mol. The van der Waals surface area contributed by atoms with E-state index in [9.17, 15) is 9.59 Å². The van der Waals surface area contributed by atoms with E-state index in [4.69, 9.17) is 14.5 Å². The Labute approximate surface area is 263 Å². The number of amides is 2. The lowest BCUT2D eigenvalue weighted by atomic mass is 9.96. The molecule has 0 atom stereocenters. The van der Waals surface area contributed by atoms with E-state index in [1.807, 2.05) is 81.4 Å². The van der Waals surface area contributed by atoms with Gasteiger partial charge >= 0.3 is 0 Å². The van der Waals surface area contributed by atoms with Gasteiger partial charge in [-0.2, -0.15) is 0 Å². The minimum atomic E-state index is -0.260. The lowest BCUT2D eigenvalue weighted by Gasteiger charge is -2.13. The summed E-state index contributed by atoms with van der Waals surface area (Å²) in [5.74, 6) is 0.621. The molecule has 228 valence electrons. The predicted molar refractivity (Wildman–Crippen MR) is 179 cm³/mol. The number of benzene rings is 3. The van der Waals surface area contributed by atoms with E-state index in [-0.39, 0.29) is 18.4 Å². The third-order valence-electron chi connectivity index (χ3n) is 7.75. The van der Waals surface area contributed by atoms with Gasteiger partial charge in [0.25, 0.3) is 11.8 Å². The lowest BCUT2D eigenvalue weighted by Crippen LogP contribution is -2.20. The van der Waals surface area contributed by atoms with Crippen molar-refractivity contribution in [1.29, 1.82) is 0 Å². The van der Waals surface area contributed by atoms with Crippen LogP contribution in [0.15, 0.2) is 71.7 Å². The topological polar surface area (TPSA) is 89.0 Å². The summed E-state index contributed by atoms with van der Waals surface area (Å²) in [5, 5.41) is 6.71. The van der Waals surface area contributed by atoms with Crippen molar-refractivity contribution in [2.45, 2.75) is 59.3 Å². The van der Waals surface area contributed by atoms with Crippen molar-refractivity contribution in [2.75, 3.05) is 23.8 Å². The second kappa shape index (κ2) is 14.8. The van der Waals surface area contributed by atoms with Crippen LogP contribution in [-0.4, -0.2) is 31.2 Å². The molecule has 2 N–H and O–H groups in total. The third-order valence-corrected chi connectivity index (χ3v) is 8.95. The minimum Gasteiger partial charge on any atom is -0.490 e. The van der Waals surface area contributed by atoms with Gasteiger partial charge in [-0.15, -0.1) is 11.3 Å². The smallest absolute Gasteiger partial charge is 0.262 e. The van der Waals surface area contributed by atoms with E-state index in [0.717, 1.165) is 58.6 Å². The Kier molecular flexibility index (Phi) is 10.5. The molecule has 5 rings (SSSR count). The van der Waals surface area contributed by atoms with Crippen molar-refractivity contribution in [3.05, 3.63) is 99.4 Å². The monoisotopic (exact) mass is 609 g/mol. The van der Waals surface area contributed by atoms with Crippen LogP contribution >= 0.6 is 11.3 Å². The Morgan fingerprint density at radius 2 is 1.68 bits per heavy atom. The van der Waals surface area contributed by atoms with E-state index in [1.54, 1.807) is 23.6 Å². The summed E-state index contributed by atoms with van der Waals surface area (Å²) in [6.45, 7) is 6.26. The molecule has 1 aliphatic carbocycles. The second-order valence-corrected chi connectivity index (χ2v) is 12.0. The molecule has 0 unspecified atom stereocenters. The van der Waals surface area contributed by atoms with Crippen LogP contribution in [0.3, 0.4) is 0 Å². The number of rotatable bonds is 10. The first-order valence-corrected chi connectivity index (χ1v) is 16.0. The number of hydrogen-bond donors (Lipinski definition) is 2. The number of fused-ring (bicyclic) bond motifs is 1. The summed E-state index contributed by atoms with van der Waals surface area (Å²) < 4.78 is 11.7. The zero-order valence-corrected chi connectivity index (χ0v) is 26.4. The van der Waals surface area contributed by atoms with Gasteiger partial charge in [-0.3, -0.25) is 9.59 Å². The fourth-order valence-electron chi connectivity index (χ4n) is 5.29. The Morgan fingerprint density at radius 3 is 2.48 bits per heavy atom. The fraction of sp³-hybridized carbons (Fsp3) is 0.306. The molecule has 44 heavy (non-hydrogen) atoms. The fourth-order valence-corrected chi connectivity index (χ4v) is 6.52. The molecule has 2 amide bonds. The highest BCUT2D eigenvalue weighted by Gasteiger charge is 2.24. The molecule has 0 saturated carbocycles. The first kappa shape index (κ1) is 31.0. The summed E-state index contributed by atoms with van der Waals surface area (Å²) in [6, 6.07) is 20.7. The molecular weight excluding hydrogens is 570 g/mol. The Hall–Kier alpha value is -4.43. The van der Waals surface area contributed by atoms with Crippen LogP contribution in [0.4, 0.5) is 16.4 Å². The third kappa shape index (κ3) is 7.74. The summed E-state index contributed by atoms with van der Waals surface area (Å²) in [7, 11) is 0. The normalized spacial score (nSPS) is 13.1. The maximum atomic E-state index is 13.8. The number of hydrogen-bond acceptors (Lipinski definition) is 6. The molecule has 1 heterocycles. The Bertz CT molecular complexity index is 1640. The van der Waals surface area contributed by atoms with Crippen LogP contribution in [-0.2, 0) is 17.6 Å². The van der Waals surface area contributed by atoms with E-state index in [2.05, 4.69) is 10.6 Å². The number of nitrogens with one attached hydrogen (secondary N) is 2. The van der Waals surface area contributed by atoms with Gasteiger partial charge in [0.1, 0.15) is 5.00 Å². The molecule has 8 heteroatoms. The van der Waals surface area contributed by atoms with Crippen molar-refractivity contribution < 1.29 is 19.1 Å². The van der Waals surface area contributed by atoms with Crippen LogP contribution in [0.5, 0.6) is 11.5 Å². The molecule has 0 radical (unpaired) electrons. The van der Waals surface area contributed by atoms with E-state index < -0.39 is 0 Å². The number of ether oxygens (including phenoxy) is 2. The molecule has 0 fully saturated rings. The van der Waals surface area contributed by atoms with Gasteiger partial charge in [0.15, 0.2) is 18.1 Å². The molecule has 0 bridgehead atoms. The predicted octanol–water partition coefficient (Wildman–Crippen LogP) is 8.44. The highest BCUT2D eigenvalue weighted by atomic mass is 32.1. The number of thiophene rings is 1. The minimum absolute atomic E-state index is 0.114. The van der Waals surface area contributed by atoms with Crippen molar-refractivity contribution >= 4 is 45.7 Å². The van der Waals surface area contributed by atoms with Crippen LogP contribution in [0.25, 0.3) is 0 Å². The molecule has 0 aliphatic heterocycles. The van der Waals surface area contributed by atoms with Gasteiger partial charge in [0.2, 0.25) is 0 Å². The highest BCUT2D eigenvalue weighted by Crippen LogP contribution is 2.40. The molecule has 1 aliphatic rings. The number of anilines is 2. The van der Waals surface area contributed by atoms with Crippen LogP contribution < -0.4 is 20.1 Å². The lowest BCUT2D eigenvalue weighted by molar-refractivity contribution is -0.118. The standard InChI is InChI=1S/C36H39N3O4S/c1-4-42-31-21-26(19-20-30(31)43-23-33(40)38-27-14-8-7-9-15-27)22-37-36-34(28-16-10-5-6-11-18-32(28)44-36)35(41)39-29-17-12-13-24(2)25(29)3/h7-9,12-15,17,19-22H,4-6,10-11,16,18,23H2,1-3H3,(H,38,40)(H,39,41). The summed E-state index contributed by atoms with van der Waals surface area (Å²) in [4.78, 5) is 32.4. The number of carbonyl (C=O) groups is 2. The maximum Gasteiger partial charge on any atom is 0.262 e. The number of aliphatic imine (C=N–C) groups is 1. The Balaban J connectivity index is 1.38. The van der Waals surface area contributed by atoms with Crippen LogP contribution in [0.1, 0.15) is 70.1 Å². The van der Waals surface area contributed by atoms with E-state index in [1.165, 1.54) is 17.7 Å². The maximum absolute atomic E-state index is 13.8. The number of aryl methyl sites for hydroxylation is 2. The SMILES string of the molecule is CCOc1cc(C=Nc2sc3c(c2C(=O)Nc2cccc(C)c2C)CCCCCC3)ccc1OCC(=O)Nc1ccccc1. The number of para-hydroxylation sites is 1. The van der Waals surface area contributed by atoms with Crippen molar-refractivity contribution in [1.82, 2.24) is 0 Å². The molecule has 1 aromatic heterocycles. The number of nitrogens with zero attached hydrogens (tertiary/aromatic N) is 1. The largest absolute Gasteiger partial charge is 0.490 e. The highest BCUT2D eigenvalue weighted by molar-refractivity contribution is 7.16. The second-order valence-electron chi connectivity index (χ2n) is 10.9. The van der Waals surface area contributed by atoms with Crippen LogP contribution in [0, 0.1) is 13.8 Å². The molecule has 3 aromatic carbocycles. The van der Waals surface area contributed by atoms with Crippen molar-refractivity contribution in [2.24, 2.45) is 4.99 Å². The van der Waals surface area contributed by atoms with Gasteiger partial charge in [-0.25, -0.2) is 4.99 Å². The summed E-state index contributed by atoms with van der Waals surface area (Å²) in [5.41, 5.74) is 6.35. The summed E-state index contributed by atoms with van der Waals surface area (Å²) in [6.07, 6.45) is 8.20. The van der Waals surface area contributed by atoms with Gasteiger partial charge in [-0.05, 0) is 105 Å². The molecule has 4 aromatic rings. The molecule has 0 saturated heterocycles. The molecular formula is C36H39N3O4S. The summed E-state index contributed by atoms with van der Waals surface area (Å²) >= 11 is 1.62. The first-order valence-electron chi connectivity index (χ1n) is 15.2. The molecule has 0 spiro atoms.